The standard InChI is InChI=1S/C23H29N3O4S/c1-5-16-7-6-8-18-17(11-19-22(28)26(12-15(2)3)23(29)31-19)13-25(21(16)18)14-20(27)24-9-10-30-4/h6-8,11,13,15H,5,9-10,12,14H2,1-4H3,(H,24,27)/b19-11-. The lowest BCUT2D eigenvalue weighted by atomic mass is 10.1. The van der Waals surface area contributed by atoms with Crippen molar-refractivity contribution < 1.29 is 19.1 Å². The number of benzene rings is 1. The molecule has 0 saturated carbocycles. The number of aryl methyl sites for hydroxylation is 1. The maximum absolute atomic E-state index is 12.8. The first-order chi connectivity index (χ1) is 14.8. The van der Waals surface area contributed by atoms with Gasteiger partial charge in [-0.3, -0.25) is 19.3 Å². The number of nitrogens with zero attached hydrogens (tertiary/aromatic N) is 2. The van der Waals surface area contributed by atoms with Gasteiger partial charge in [0.1, 0.15) is 6.54 Å². The van der Waals surface area contributed by atoms with E-state index in [1.54, 1.807) is 13.2 Å². The van der Waals surface area contributed by atoms with Gasteiger partial charge < -0.3 is 14.6 Å². The lowest BCUT2D eigenvalue weighted by Gasteiger charge is -2.14. The predicted octanol–water partition coefficient (Wildman–Crippen LogP) is 3.66. The third-order valence-corrected chi connectivity index (χ3v) is 5.95. The van der Waals surface area contributed by atoms with Gasteiger partial charge in [0.25, 0.3) is 11.1 Å². The summed E-state index contributed by atoms with van der Waals surface area (Å²) in [5, 5.41) is 3.57. The number of para-hydroxylation sites is 1. The summed E-state index contributed by atoms with van der Waals surface area (Å²) in [6, 6.07) is 6.01. The van der Waals surface area contributed by atoms with Crippen LogP contribution in [0.3, 0.4) is 0 Å². The summed E-state index contributed by atoms with van der Waals surface area (Å²) >= 11 is 0.970. The third-order valence-electron chi connectivity index (χ3n) is 5.04. The van der Waals surface area contributed by atoms with Gasteiger partial charge in [-0.15, -0.1) is 0 Å². The summed E-state index contributed by atoms with van der Waals surface area (Å²) in [7, 11) is 1.59. The summed E-state index contributed by atoms with van der Waals surface area (Å²) < 4.78 is 6.90. The van der Waals surface area contributed by atoms with Gasteiger partial charge in [0.2, 0.25) is 5.91 Å². The Kier molecular flexibility index (Phi) is 7.56. The van der Waals surface area contributed by atoms with Crippen LogP contribution in [0.1, 0.15) is 31.9 Å². The zero-order valence-electron chi connectivity index (χ0n) is 18.4. The fourth-order valence-electron chi connectivity index (χ4n) is 3.66. The van der Waals surface area contributed by atoms with Crippen molar-refractivity contribution in [2.45, 2.75) is 33.7 Å². The molecule has 3 rings (SSSR count). The Morgan fingerprint density at radius 1 is 1.29 bits per heavy atom. The highest BCUT2D eigenvalue weighted by atomic mass is 32.2. The molecule has 0 spiro atoms. The summed E-state index contributed by atoms with van der Waals surface area (Å²) in [6.45, 7) is 7.50. The number of carbonyl (C=O) groups is 3. The molecule has 3 amide bonds. The van der Waals surface area contributed by atoms with E-state index in [2.05, 4.69) is 12.2 Å². The van der Waals surface area contributed by atoms with E-state index in [0.29, 0.717) is 24.6 Å². The largest absolute Gasteiger partial charge is 0.383 e. The molecular formula is C23H29N3O4S. The van der Waals surface area contributed by atoms with Gasteiger partial charge >= 0.3 is 0 Å². The second-order valence-electron chi connectivity index (χ2n) is 7.91. The van der Waals surface area contributed by atoms with Crippen LogP contribution in [-0.4, -0.2) is 53.3 Å². The number of nitrogens with one attached hydrogen (secondary N) is 1. The van der Waals surface area contributed by atoms with Crippen molar-refractivity contribution in [3.05, 3.63) is 40.4 Å². The van der Waals surface area contributed by atoms with Gasteiger partial charge in [-0.2, -0.15) is 0 Å². The molecule has 0 unspecified atom stereocenters. The number of thioether (sulfide) groups is 1. The molecule has 1 aliphatic heterocycles. The van der Waals surface area contributed by atoms with Crippen LogP contribution in [0.5, 0.6) is 0 Å². The minimum atomic E-state index is -0.256. The summed E-state index contributed by atoms with van der Waals surface area (Å²) in [5.41, 5.74) is 2.92. The third kappa shape index (κ3) is 5.19. The van der Waals surface area contributed by atoms with E-state index in [4.69, 9.17) is 4.74 Å². The molecule has 1 aromatic carbocycles. The van der Waals surface area contributed by atoms with Gasteiger partial charge in [0.15, 0.2) is 0 Å². The molecule has 7 nitrogen and oxygen atoms in total. The minimum absolute atomic E-state index is 0.108. The maximum Gasteiger partial charge on any atom is 0.293 e. The second-order valence-corrected chi connectivity index (χ2v) is 8.90. The van der Waals surface area contributed by atoms with E-state index in [-0.39, 0.29) is 29.5 Å². The number of rotatable bonds is 9. The molecule has 166 valence electrons. The number of methoxy groups -OCH3 is 1. The van der Waals surface area contributed by atoms with Gasteiger partial charge in [0.05, 0.1) is 17.0 Å². The van der Waals surface area contributed by atoms with Gasteiger partial charge in [-0.25, -0.2) is 0 Å². The van der Waals surface area contributed by atoms with E-state index in [0.717, 1.165) is 40.2 Å². The van der Waals surface area contributed by atoms with Crippen molar-refractivity contribution in [1.82, 2.24) is 14.8 Å². The molecule has 8 heteroatoms. The van der Waals surface area contributed by atoms with E-state index < -0.39 is 0 Å². The van der Waals surface area contributed by atoms with Crippen LogP contribution in [0.15, 0.2) is 29.3 Å². The van der Waals surface area contributed by atoms with Crippen LogP contribution in [0, 0.1) is 5.92 Å². The zero-order valence-corrected chi connectivity index (χ0v) is 19.3. The van der Waals surface area contributed by atoms with Crippen LogP contribution in [-0.2, 0) is 27.3 Å². The van der Waals surface area contributed by atoms with Crippen LogP contribution < -0.4 is 5.32 Å². The zero-order chi connectivity index (χ0) is 22.5. The fraction of sp³-hybridized carbons (Fsp3) is 0.435. The van der Waals surface area contributed by atoms with E-state index in [9.17, 15) is 14.4 Å². The Morgan fingerprint density at radius 3 is 2.74 bits per heavy atom. The van der Waals surface area contributed by atoms with Gasteiger partial charge in [-0.1, -0.05) is 39.0 Å². The minimum Gasteiger partial charge on any atom is -0.383 e. The number of hydrogen-bond donors (Lipinski definition) is 1. The smallest absolute Gasteiger partial charge is 0.293 e. The molecule has 1 aliphatic rings. The van der Waals surface area contributed by atoms with Crippen molar-refractivity contribution in [1.29, 1.82) is 0 Å². The van der Waals surface area contributed by atoms with E-state index >= 15 is 0 Å². The van der Waals surface area contributed by atoms with Crippen LogP contribution in [0.2, 0.25) is 0 Å². The molecular weight excluding hydrogens is 414 g/mol. The normalized spacial score (nSPS) is 15.6. The molecule has 1 fully saturated rings. The van der Waals surface area contributed by atoms with E-state index in [1.807, 2.05) is 42.8 Å². The van der Waals surface area contributed by atoms with Crippen molar-refractivity contribution >= 4 is 45.8 Å². The Balaban J connectivity index is 1.96. The molecule has 31 heavy (non-hydrogen) atoms. The average Bonchev–Trinajstić information content (AvgIpc) is 3.20. The number of ether oxygens (including phenoxy) is 1. The van der Waals surface area contributed by atoms with Crippen molar-refractivity contribution in [2.75, 3.05) is 26.8 Å². The van der Waals surface area contributed by atoms with Gasteiger partial charge in [0, 0.05) is 37.3 Å². The fourth-order valence-corrected chi connectivity index (χ4v) is 4.50. The number of carbonyl (C=O) groups excluding carboxylic acids is 3. The summed E-state index contributed by atoms with van der Waals surface area (Å²) in [6.07, 6.45) is 4.47. The lowest BCUT2D eigenvalue weighted by molar-refractivity contribution is -0.123. The molecule has 1 saturated heterocycles. The first kappa shape index (κ1) is 23.1. The van der Waals surface area contributed by atoms with Crippen LogP contribution in [0.4, 0.5) is 4.79 Å². The molecule has 1 N–H and O–H groups in total. The highest BCUT2D eigenvalue weighted by molar-refractivity contribution is 8.18. The Bertz CT molecular complexity index is 1030. The Labute approximate surface area is 186 Å². The summed E-state index contributed by atoms with van der Waals surface area (Å²) in [5.74, 6) is -0.157. The average molecular weight is 444 g/mol. The van der Waals surface area contributed by atoms with Crippen molar-refractivity contribution in [3.63, 3.8) is 0 Å². The Morgan fingerprint density at radius 2 is 2.06 bits per heavy atom. The van der Waals surface area contributed by atoms with Gasteiger partial charge in [-0.05, 0) is 35.7 Å². The molecule has 1 aromatic heterocycles. The number of imide groups is 1. The topological polar surface area (TPSA) is 80.6 Å². The molecule has 2 heterocycles. The quantitative estimate of drug-likeness (QED) is 0.473. The summed E-state index contributed by atoms with van der Waals surface area (Å²) in [4.78, 5) is 39.2. The maximum atomic E-state index is 12.8. The predicted molar refractivity (Wildman–Crippen MR) is 124 cm³/mol. The van der Waals surface area contributed by atoms with Crippen molar-refractivity contribution in [2.24, 2.45) is 5.92 Å². The molecule has 0 aliphatic carbocycles. The van der Waals surface area contributed by atoms with Crippen LogP contribution >= 0.6 is 11.8 Å². The monoisotopic (exact) mass is 443 g/mol. The van der Waals surface area contributed by atoms with Crippen LogP contribution in [0.25, 0.3) is 17.0 Å². The molecule has 0 bridgehead atoms. The molecule has 2 aromatic rings. The van der Waals surface area contributed by atoms with Crippen molar-refractivity contribution in [3.8, 4) is 0 Å². The Hall–Kier alpha value is -2.58. The number of amides is 3. The van der Waals surface area contributed by atoms with E-state index in [1.165, 1.54) is 4.90 Å². The number of hydrogen-bond acceptors (Lipinski definition) is 5. The SMILES string of the molecule is CCc1cccc2c(/C=C3\SC(=O)N(CC(C)C)C3=O)cn(CC(=O)NCCOC)c12. The lowest BCUT2D eigenvalue weighted by Crippen LogP contribution is -2.31. The highest BCUT2D eigenvalue weighted by Gasteiger charge is 2.35. The first-order valence-corrected chi connectivity index (χ1v) is 11.3. The number of aromatic nitrogens is 1. The second kappa shape index (κ2) is 10.2. The first-order valence-electron chi connectivity index (χ1n) is 10.5. The number of fused-ring (bicyclic) bond motifs is 1. The molecule has 0 radical (unpaired) electrons. The molecule has 0 atom stereocenters. The highest BCUT2D eigenvalue weighted by Crippen LogP contribution is 2.35.